The molecule has 1 heterocycles. The van der Waals surface area contributed by atoms with Crippen molar-refractivity contribution in [3.8, 4) is 0 Å². The van der Waals surface area contributed by atoms with Crippen molar-refractivity contribution in [3.63, 3.8) is 0 Å². The third-order valence-corrected chi connectivity index (χ3v) is 2.65. The van der Waals surface area contributed by atoms with Crippen molar-refractivity contribution in [2.75, 3.05) is 6.61 Å². The normalized spacial score (nSPS) is 28.8. The Morgan fingerprint density at radius 1 is 1.62 bits per heavy atom. The molecule has 1 N–H and O–H groups in total. The molecule has 1 rings (SSSR count). The van der Waals surface area contributed by atoms with Crippen LogP contribution in [0.15, 0.2) is 0 Å². The number of cyclic esters (lactones) is 1. The van der Waals surface area contributed by atoms with E-state index in [0.717, 1.165) is 0 Å². The van der Waals surface area contributed by atoms with E-state index in [4.69, 9.17) is 9.47 Å². The predicted molar refractivity (Wildman–Crippen MR) is 57.9 cm³/mol. The number of carbonyl (C=O) groups excluding carboxylic acids is 2. The summed E-state index contributed by atoms with van der Waals surface area (Å²) in [6.45, 7) is 7.64. The molecule has 1 saturated heterocycles. The van der Waals surface area contributed by atoms with Gasteiger partial charge in [-0.15, -0.1) is 0 Å². The lowest BCUT2D eigenvalue weighted by molar-refractivity contribution is -0.162. The molecule has 1 fully saturated rings. The summed E-state index contributed by atoms with van der Waals surface area (Å²) in [5.74, 6) is -0.125. The number of alkyl carbamates (subject to hydrolysis) is 1. The average molecular weight is 229 g/mol. The first kappa shape index (κ1) is 12.8. The Kier molecular flexibility index (Phi) is 3.78. The van der Waals surface area contributed by atoms with E-state index in [2.05, 4.69) is 5.32 Å². The first-order valence-electron chi connectivity index (χ1n) is 5.56. The SMILES string of the molecule is CCOC(=O)[C@@]1(C)OC(=O)N[C@H]1CC(C)C. The summed E-state index contributed by atoms with van der Waals surface area (Å²) in [7, 11) is 0. The highest BCUT2D eigenvalue weighted by atomic mass is 16.6. The molecular formula is C11H19NO4. The number of esters is 1. The molecule has 1 aliphatic rings. The quantitative estimate of drug-likeness (QED) is 0.741. The summed E-state index contributed by atoms with van der Waals surface area (Å²) in [4.78, 5) is 23.0. The number of carbonyl (C=O) groups is 2. The molecule has 0 bridgehead atoms. The molecule has 0 spiro atoms. The van der Waals surface area contributed by atoms with E-state index in [1.165, 1.54) is 0 Å². The zero-order chi connectivity index (χ0) is 12.3. The number of hydrogen-bond acceptors (Lipinski definition) is 4. The van der Waals surface area contributed by atoms with Crippen LogP contribution in [-0.4, -0.2) is 30.3 Å². The van der Waals surface area contributed by atoms with Gasteiger partial charge < -0.3 is 14.8 Å². The maximum Gasteiger partial charge on any atom is 0.408 e. The van der Waals surface area contributed by atoms with Gasteiger partial charge in [0.25, 0.3) is 0 Å². The van der Waals surface area contributed by atoms with Crippen LogP contribution in [-0.2, 0) is 14.3 Å². The van der Waals surface area contributed by atoms with Gasteiger partial charge in [0.05, 0.1) is 12.6 Å². The van der Waals surface area contributed by atoms with Gasteiger partial charge in [0.1, 0.15) is 0 Å². The van der Waals surface area contributed by atoms with Crippen molar-refractivity contribution in [1.82, 2.24) is 5.32 Å². The van der Waals surface area contributed by atoms with Crippen molar-refractivity contribution in [2.45, 2.75) is 45.8 Å². The van der Waals surface area contributed by atoms with Crippen LogP contribution >= 0.6 is 0 Å². The van der Waals surface area contributed by atoms with Crippen LogP contribution in [0.4, 0.5) is 4.79 Å². The van der Waals surface area contributed by atoms with Gasteiger partial charge in [-0.05, 0) is 26.2 Å². The number of rotatable bonds is 4. The van der Waals surface area contributed by atoms with E-state index in [1.807, 2.05) is 13.8 Å². The average Bonchev–Trinajstić information content (AvgIpc) is 2.42. The first-order chi connectivity index (χ1) is 7.40. The monoisotopic (exact) mass is 229 g/mol. The molecule has 0 aromatic heterocycles. The maximum atomic E-state index is 11.8. The van der Waals surface area contributed by atoms with Crippen molar-refractivity contribution in [1.29, 1.82) is 0 Å². The van der Waals surface area contributed by atoms with Crippen molar-refractivity contribution in [3.05, 3.63) is 0 Å². The largest absolute Gasteiger partial charge is 0.463 e. The lowest BCUT2D eigenvalue weighted by Crippen LogP contribution is -2.49. The Labute approximate surface area is 95.5 Å². The van der Waals surface area contributed by atoms with E-state index < -0.39 is 17.7 Å². The Balaban J connectivity index is 2.81. The predicted octanol–water partition coefficient (Wildman–Crippen LogP) is 1.46. The zero-order valence-electron chi connectivity index (χ0n) is 10.2. The second-order valence-electron chi connectivity index (χ2n) is 4.54. The molecule has 0 saturated carbocycles. The van der Waals surface area contributed by atoms with Crippen LogP contribution < -0.4 is 5.32 Å². The fourth-order valence-corrected chi connectivity index (χ4v) is 1.79. The summed E-state index contributed by atoms with van der Waals surface area (Å²) in [5.41, 5.74) is -1.20. The lowest BCUT2D eigenvalue weighted by atomic mass is 9.90. The molecule has 92 valence electrons. The molecule has 0 aromatic rings. The molecule has 2 atom stereocenters. The highest BCUT2D eigenvalue weighted by molar-refractivity contribution is 5.87. The van der Waals surface area contributed by atoms with Crippen LogP contribution in [0, 0.1) is 5.92 Å². The number of ether oxygens (including phenoxy) is 2. The van der Waals surface area contributed by atoms with Gasteiger partial charge in [0.2, 0.25) is 5.60 Å². The third kappa shape index (κ3) is 2.46. The Morgan fingerprint density at radius 2 is 2.25 bits per heavy atom. The van der Waals surface area contributed by atoms with Gasteiger partial charge >= 0.3 is 12.1 Å². The molecule has 5 nitrogen and oxygen atoms in total. The van der Waals surface area contributed by atoms with Crippen LogP contribution in [0.5, 0.6) is 0 Å². The minimum Gasteiger partial charge on any atom is -0.463 e. The van der Waals surface area contributed by atoms with Gasteiger partial charge in [0.15, 0.2) is 0 Å². The summed E-state index contributed by atoms with van der Waals surface area (Å²) < 4.78 is 9.98. The van der Waals surface area contributed by atoms with E-state index in [0.29, 0.717) is 12.3 Å². The fraction of sp³-hybridized carbons (Fsp3) is 0.818. The molecule has 1 amide bonds. The zero-order valence-corrected chi connectivity index (χ0v) is 10.2. The lowest BCUT2D eigenvalue weighted by Gasteiger charge is -2.26. The molecule has 0 aliphatic carbocycles. The van der Waals surface area contributed by atoms with Gasteiger partial charge in [-0.2, -0.15) is 0 Å². The van der Waals surface area contributed by atoms with E-state index in [1.54, 1.807) is 13.8 Å². The van der Waals surface area contributed by atoms with Gasteiger partial charge in [0, 0.05) is 0 Å². The number of amides is 1. The summed E-state index contributed by atoms with van der Waals surface area (Å²) in [6, 6.07) is -0.320. The van der Waals surface area contributed by atoms with Crippen LogP contribution in [0.1, 0.15) is 34.1 Å². The molecule has 0 radical (unpaired) electrons. The molecule has 1 aliphatic heterocycles. The minimum atomic E-state index is -1.20. The van der Waals surface area contributed by atoms with E-state index in [9.17, 15) is 9.59 Å². The Bertz CT molecular complexity index is 290. The second-order valence-corrected chi connectivity index (χ2v) is 4.54. The van der Waals surface area contributed by atoms with Crippen molar-refractivity contribution in [2.24, 2.45) is 5.92 Å². The summed E-state index contributed by atoms with van der Waals surface area (Å²) in [6.07, 6.45) is 0.127. The highest BCUT2D eigenvalue weighted by Crippen LogP contribution is 2.28. The minimum absolute atomic E-state index is 0.278. The smallest absolute Gasteiger partial charge is 0.408 e. The number of nitrogens with one attached hydrogen (secondary N) is 1. The molecular weight excluding hydrogens is 210 g/mol. The van der Waals surface area contributed by atoms with Crippen molar-refractivity contribution >= 4 is 12.1 Å². The van der Waals surface area contributed by atoms with Gasteiger partial charge in [-0.3, -0.25) is 0 Å². The highest BCUT2D eigenvalue weighted by Gasteiger charge is 2.52. The number of hydrogen-bond donors (Lipinski definition) is 1. The van der Waals surface area contributed by atoms with Crippen LogP contribution in [0.25, 0.3) is 0 Å². The van der Waals surface area contributed by atoms with E-state index >= 15 is 0 Å². The Hall–Kier alpha value is -1.26. The summed E-state index contributed by atoms with van der Waals surface area (Å²) in [5, 5.41) is 2.65. The van der Waals surface area contributed by atoms with E-state index in [-0.39, 0.29) is 12.6 Å². The van der Waals surface area contributed by atoms with Crippen molar-refractivity contribution < 1.29 is 19.1 Å². The summed E-state index contributed by atoms with van der Waals surface area (Å²) >= 11 is 0. The molecule has 16 heavy (non-hydrogen) atoms. The van der Waals surface area contributed by atoms with Crippen LogP contribution in [0.2, 0.25) is 0 Å². The third-order valence-electron chi connectivity index (χ3n) is 2.65. The topological polar surface area (TPSA) is 64.6 Å². The molecule has 0 aromatic carbocycles. The second kappa shape index (κ2) is 4.72. The van der Waals surface area contributed by atoms with Gasteiger partial charge in [-0.25, -0.2) is 9.59 Å². The van der Waals surface area contributed by atoms with Crippen LogP contribution in [0.3, 0.4) is 0 Å². The molecule has 5 heteroatoms. The first-order valence-corrected chi connectivity index (χ1v) is 5.56. The maximum absolute atomic E-state index is 11.8. The standard InChI is InChI=1S/C11H19NO4/c1-5-15-9(13)11(4)8(6-7(2)3)12-10(14)16-11/h7-8H,5-6H2,1-4H3,(H,12,14)/t8-,11-/m0/s1. The Morgan fingerprint density at radius 3 is 2.75 bits per heavy atom. The van der Waals surface area contributed by atoms with Gasteiger partial charge in [-0.1, -0.05) is 13.8 Å². The fourth-order valence-electron chi connectivity index (χ4n) is 1.79. The molecule has 0 unspecified atom stereocenters.